The van der Waals surface area contributed by atoms with Crippen LogP contribution in [0, 0.1) is 0 Å². The molecule has 0 fully saturated rings. The van der Waals surface area contributed by atoms with E-state index < -0.39 is 11.0 Å². The van der Waals surface area contributed by atoms with Crippen molar-refractivity contribution in [3.05, 3.63) is 0 Å². The molecule has 5 nitrogen and oxygen atoms in total. The summed E-state index contributed by atoms with van der Waals surface area (Å²) < 4.78 is 14.2. The molecule has 0 heterocycles. The Kier molecular flexibility index (Phi) is 4.43. The number of carbonyl (C=O) groups is 1. The van der Waals surface area contributed by atoms with Gasteiger partial charge in [-0.1, -0.05) is 0 Å². The second-order valence-electron chi connectivity index (χ2n) is 1.86. The van der Waals surface area contributed by atoms with Gasteiger partial charge < -0.3 is 0 Å². The fraction of sp³-hybridized carbons (Fsp3) is 0.800. The van der Waals surface area contributed by atoms with E-state index in [1.165, 1.54) is 14.2 Å². The zero-order valence-corrected chi connectivity index (χ0v) is 7.97. The van der Waals surface area contributed by atoms with Gasteiger partial charge in [-0.15, -0.1) is 0 Å². The molecule has 0 bridgehead atoms. The highest BCUT2D eigenvalue weighted by atomic mass is 32.3. The Morgan fingerprint density at radius 3 is 1.91 bits per heavy atom. The average molecular weight is 182 g/mol. The molecule has 11 heavy (non-hydrogen) atoms. The summed E-state index contributed by atoms with van der Waals surface area (Å²) in [6.07, 6.45) is 0.558. The minimum Gasteiger partial charge on any atom is -0.277 e. The van der Waals surface area contributed by atoms with Gasteiger partial charge in [0.25, 0.3) is 0 Å². The van der Waals surface area contributed by atoms with E-state index in [-0.39, 0.29) is 0 Å². The molecular formula is C5H14N2O3S. The van der Waals surface area contributed by atoms with Gasteiger partial charge >= 0.3 is 0 Å². The van der Waals surface area contributed by atoms with Crippen molar-refractivity contribution in [3.63, 3.8) is 0 Å². The zero-order valence-electron chi connectivity index (χ0n) is 7.16. The van der Waals surface area contributed by atoms with Gasteiger partial charge in [0.15, 0.2) is 0 Å². The van der Waals surface area contributed by atoms with Crippen LogP contribution in [0.1, 0.15) is 0 Å². The third-order valence-corrected chi connectivity index (χ3v) is 3.39. The smallest absolute Gasteiger partial charge is 0.226 e. The molecule has 0 saturated heterocycles. The lowest BCUT2D eigenvalue weighted by atomic mass is 11.3. The monoisotopic (exact) mass is 182 g/mol. The average Bonchev–Trinajstić information content (AvgIpc) is 2.00. The summed E-state index contributed by atoms with van der Waals surface area (Å²) in [5.74, 6) is 0. The molecule has 0 aliphatic heterocycles. The Labute approximate surface area is 68.6 Å². The van der Waals surface area contributed by atoms with E-state index in [1.807, 2.05) is 0 Å². The molecule has 68 valence electrons. The number of nitrogens with zero attached hydrogens (tertiary/aromatic N) is 1. The first kappa shape index (κ1) is 10.7. The minimum atomic E-state index is -2.02. The molecule has 0 radical (unpaired) electrons. The van der Waals surface area contributed by atoms with Gasteiger partial charge in [-0.05, 0) is 11.0 Å². The van der Waals surface area contributed by atoms with Crippen LogP contribution in [0.4, 0.5) is 0 Å². The van der Waals surface area contributed by atoms with Crippen LogP contribution in [-0.2, 0) is 13.2 Å². The lowest BCUT2D eigenvalue weighted by Crippen LogP contribution is -2.33. The van der Waals surface area contributed by atoms with Crippen LogP contribution in [-0.4, -0.2) is 39.0 Å². The maximum absolute atomic E-state index is 10.2. The lowest BCUT2D eigenvalue weighted by Gasteiger charge is -2.43. The Hall–Kier alpha value is -0.300. The molecule has 0 aliphatic carbocycles. The van der Waals surface area contributed by atoms with Crippen LogP contribution in [0.5, 0.6) is 0 Å². The molecule has 0 aliphatic rings. The first-order chi connectivity index (χ1) is 5.13. The second-order valence-corrected chi connectivity index (χ2v) is 4.44. The van der Waals surface area contributed by atoms with Crippen LogP contribution in [0.3, 0.4) is 0 Å². The molecule has 6 heteroatoms. The summed E-state index contributed by atoms with van der Waals surface area (Å²) in [6, 6.07) is 0. The molecule has 1 N–H and O–H groups in total. The Morgan fingerprint density at radius 1 is 1.36 bits per heavy atom. The molecule has 0 aromatic heterocycles. The summed E-state index contributed by atoms with van der Waals surface area (Å²) >= 11 is 0. The summed E-state index contributed by atoms with van der Waals surface area (Å²) in [5.41, 5.74) is 0. The van der Waals surface area contributed by atoms with Crippen LogP contribution in [0.2, 0.25) is 0 Å². The van der Waals surface area contributed by atoms with Gasteiger partial charge in [0, 0.05) is 14.1 Å². The van der Waals surface area contributed by atoms with E-state index in [4.69, 9.17) is 8.37 Å². The minimum absolute atomic E-state index is 0.558. The van der Waals surface area contributed by atoms with Gasteiger partial charge in [0.1, 0.15) is 0 Å². The maximum atomic E-state index is 10.2. The highest BCUT2D eigenvalue weighted by molar-refractivity contribution is 8.22. The van der Waals surface area contributed by atoms with Crippen LogP contribution < -0.4 is 4.72 Å². The van der Waals surface area contributed by atoms with E-state index in [0.717, 1.165) is 0 Å². The number of rotatable bonds is 5. The largest absolute Gasteiger partial charge is 0.277 e. The highest BCUT2D eigenvalue weighted by Crippen LogP contribution is 2.45. The molecule has 0 aromatic carbocycles. The van der Waals surface area contributed by atoms with E-state index in [9.17, 15) is 4.79 Å². The maximum Gasteiger partial charge on any atom is 0.226 e. The molecule has 0 saturated carbocycles. The molecule has 0 atom stereocenters. The van der Waals surface area contributed by atoms with Crippen molar-refractivity contribution < 1.29 is 13.2 Å². The predicted octanol–water partition coefficient (Wildman–Crippen LogP) is 0.0514. The number of hydrogen-bond acceptors (Lipinski definition) is 4. The SMILES string of the molecule is COS(NC=O)(OC)N(C)C. The number of amides is 1. The van der Waals surface area contributed by atoms with Gasteiger partial charge in [0.2, 0.25) is 6.41 Å². The molecular weight excluding hydrogens is 168 g/mol. The zero-order chi connectivity index (χ0) is 8.91. The quantitative estimate of drug-likeness (QED) is 0.610. The molecule has 1 amide bonds. The topological polar surface area (TPSA) is 50.8 Å². The first-order valence-corrected chi connectivity index (χ1v) is 4.40. The third-order valence-electron chi connectivity index (χ3n) is 1.13. The number of nitrogens with one attached hydrogen (secondary N) is 1. The van der Waals surface area contributed by atoms with Crippen molar-refractivity contribution in [2.45, 2.75) is 0 Å². The summed E-state index contributed by atoms with van der Waals surface area (Å²) in [5, 5.41) is 0. The van der Waals surface area contributed by atoms with Gasteiger partial charge in [-0.3, -0.25) is 13.2 Å². The lowest BCUT2D eigenvalue weighted by molar-refractivity contribution is -0.108. The van der Waals surface area contributed by atoms with Crippen molar-refractivity contribution in [1.82, 2.24) is 9.03 Å². The first-order valence-electron chi connectivity index (χ1n) is 2.96. The van der Waals surface area contributed by atoms with Gasteiger partial charge in [-0.25, -0.2) is 4.72 Å². The van der Waals surface area contributed by atoms with E-state index in [2.05, 4.69) is 4.72 Å². The van der Waals surface area contributed by atoms with Gasteiger partial charge in [-0.2, -0.15) is 4.31 Å². The molecule has 0 spiro atoms. The standard InChI is InChI=1S/C5H14N2O3S/c1-7(2)11(9-3,10-4)6-5-8/h5H,1-4H3,(H,6,8). The van der Waals surface area contributed by atoms with Gasteiger partial charge in [0.05, 0.1) is 14.2 Å². The molecule has 0 aromatic rings. The van der Waals surface area contributed by atoms with Crippen LogP contribution in [0.15, 0.2) is 0 Å². The van der Waals surface area contributed by atoms with Crippen LogP contribution >= 0.6 is 11.0 Å². The molecule has 0 rings (SSSR count). The van der Waals surface area contributed by atoms with E-state index in [1.54, 1.807) is 18.4 Å². The number of hydrogen-bond donors (Lipinski definition) is 1. The fourth-order valence-electron chi connectivity index (χ4n) is 0.629. The Morgan fingerprint density at radius 2 is 1.82 bits per heavy atom. The summed E-state index contributed by atoms with van der Waals surface area (Å²) in [4.78, 5) is 10.2. The Bertz CT molecular complexity index is 127. The van der Waals surface area contributed by atoms with Crippen molar-refractivity contribution in [2.75, 3.05) is 28.3 Å². The summed E-state index contributed by atoms with van der Waals surface area (Å²) in [6.45, 7) is 0. The molecule has 0 unspecified atom stereocenters. The van der Waals surface area contributed by atoms with Crippen molar-refractivity contribution in [2.24, 2.45) is 0 Å². The third kappa shape index (κ3) is 2.33. The predicted molar refractivity (Wildman–Crippen MR) is 44.5 cm³/mol. The Balaban J connectivity index is 4.31. The second kappa shape index (κ2) is 4.55. The summed E-state index contributed by atoms with van der Waals surface area (Å²) in [7, 11) is 4.46. The number of carbonyl (C=O) groups excluding carboxylic acids is 1. The normalized spacial score (nSPS) is 13.2. The van der Waals surface area contributed by atoms with E-state index in [0.29, 0.717) is 6.41 Å². The highest BCUT2D eigenvalue weighted by Gasteiger charge is 2.19. The van der Waals surface area contributed by atoms with Crippen LogP contribution in [0.25, 0.3) is 0 Å². The van der Waals surface area contributed by atoms with Crippen molar-refractivity contribution >= 4 is 17.4 Å². The fourth-order valence-corrected chi connectivity index (χ4v) is 1.89. The van der Waals surface area contributed by atoms with Crippen molar-refractivity contribution in [1.29, 1.82) is 0 Å². The van der Waals surface area contributed by atoms with E-state index >= 15 is 0 Å². The van der Waals surface area contributed by atoms with Crippen molar-refractivity contribution in [3.8, 4) is 0 Å².